The Bertz CT molecular complexity index is 343. The van der Waals surface area contributed by atoms with Gasteiger partial charge in [0.25, 0.3) is 0 Å². The van der Waals surface area contributed by atoms with Crippen molar-refractivity contribution in [1.29, 1.82) is 0 Å². The zero-order valence-corrected chi connectivity index (χ0v) is 10.8. The molecule has 0 aromatic carbocycles. The van der Waals surface area contributed by atoms with Gasteiger partial charge in [-0.1, -0.05) is 0 Å². The van der Waals surface area contributed by atoms with Crippen LogP contribution in [0.1, 0.15) is 30.5 Å². The Kier molecular flexibility index (Phi) is 3.62. The second-order valence-corrected chi connectivity index (χ2v) is 6.00. The Morgan fingerprint density at radius 3 is 3.06 bits per heavy atom. The molecule has 2 rings (SSSR count). The lowest BCUT2D eigenvalue weighted by Crippen LogP contribution is -2.45. The van der Waals surface area contributed by atoms with Gasteiger partial charge >= 0.3 is 0 Å². The van der Waals surface area contributed by atoms with E-state index >= 15 is 0 Å². The molecular formula is C12H20N2OS. The topological polar surface area (TPSA) is 45.2 Å². The molecule has 0 amide bonds. The Labute approximate surface area is 101 Å². The summed E-state index contributed by atoms with van der Waals surface area (Å²) in [6.07, 6.45) is 2.95. The van der Waals surface area contributed by atoms with Crippen molar-refractivity contribution in [1.82, 2.24) is 10.3 Å². The van der Waals surface area contributed by atoms with E-state index in [2.05, 4.69) is 15.7 Å². The van der Waals surface area contributed by atoms with E-state index < -0.39 is 5.60 Å². The molecule has 90 valence electrons. The highest BCUT2D eigenvalue weighted by Crippen LogP contribution is 2.27. The molecule has 0 bridgehead atoms. The summed E-state index contributed by atoms with van der Waals surface area (Å²) in [5.74, 6) is 0.350. The Balaban J connectivity index is 2.00. The maximum absolute atomic E-state index is 10.5. The minimum atomic E-state index is -0.631. The molecular weight excluding hydrogens is 220 g/mol. The van der Waals surface area contributed by atoms with Crippen molar-refractivity contribution in [3.63, 3.8) is 0 Å². The second kappa shape index (κ2) is 4.82. The van der Waals surface area contributed by atoms with Crippen molar-refractivity contribution in [2.45, 2.75) is 38.7 Å². The number of piperidine rings is 1. The lowest BCUT2D eigenvalue weighted by atomic mass is 9.81. The minimum absolute atomic E-state index is 0.350. The Morgan fingerprint density at radius 2 is 2.50 bits per heavy atom. The molecule has 1 fully saturated rings. The standard InChI is InChI=1S/C12H20N2OS/c1-9-14-11(8-16-9)6-12(2,15)10-4-3-5-13-7-10/h8,10,13,15H,3-7H2,1-2H3. The molecule has 2 heterocycles. The predicted molar refractivity (Wildman–Crippen MR) is 66.8 cm³/mol. The van der Waals surface area contributed by atoms with E-state index in [1.165, 1.54) is 0 Å². The van der Waals surface area contributed by atoms with Crippen molar-refractivity contribution in [3.05, 3.63) is 16.1 Å². The first-order valence-corrected chi connectivity index (χ1v) is 6.80. The molecule has 1 aromatic rings. The molecule has 0 radical (unpaired) electrons. The van der Waals surface area contributed by atoms with Crippen molar-refractivity contribution >= 4 is 11.3 Å². The van der Waals surface area contributed by atoms with Crippen LogP contribution in [0.4, 0.5) is 0 Å². The average Bonchev–Trinajstić information content (AvgIpc) is 2.64. The fourth-order valence-electron chi connectivity index (χ4n) is 2.38. The molecule has 1 saturated heterocycles. The number of nitrogens with one attached hydrogen (secondary N) is 1. The molecule has 2 N–H and O–H groups in total. The van der Waals surface area contributed by atoms with Gasteiger partial charge in [0.2, 0.25) is 0 Å². The van der Waals surface area contributed by atoms with Crippen molar-refractivity contribution in [2.75, 3.05) is 13.1 Å². The molecule has 1 aliphatic rings. The third-order valence-corrected chi connectivity index (χ3v) is 4.20. The van der Waals surface area contributed by atoms with Crippen LogP contribution in [0.2, 0.25) is 0 Å². The largest absolute Gasteiger partial charge is 0.389 e. The third-order valence-electron chi connectivity index (χ3n) is 3.38. The van der Waals surface area contributed by atoms with Gasteiger partial charge in [-0.2, -0.15) is 0 Å². The van der Waals surface area contributed by atoms with Crippen molar-refractivity contribution < 1.29 is 5.11 Å². The van der Waals surface area contributed by atoms with Crippen LogP contribution < -0.4 is 5.32 Å². The lowest BCUT2D eigenvalue weighted by molar-refractivity contribution is -0.0108. The monoisotopic (exact) mass is 240 g/mol. The van der Waals surface area contributed by atoms with Crippen LogP contribution in [0.5, 0.6) is 0 Å². The van der Waals surface area contributed by atoms with Gasteiger partial charge in [0, 0.05) is 24.3 Å². The van der Waals surface area contributed by atoms with E-state index in [0.29, 0.717) is 12.3 Å². The maximum atomic E-state index is 10.5. The number of nitrogens with zero attached hydrogens (tertiary/aromatic N) is 1. The summed E-state index contributed by atoms with van der Waals surface area (Å²) in [5, 5.41) is 17.0. The lowest BCUT2D eigenvalue weighted by Gasteiger charge is -2.35. The molecule has 0 spiro atoms. The van der Waals surface area contributed by atoms with Crippen molar-refractivity contribution in [3.8, 4) is 0 Å². The second-order valence-electron chi connectivity index (χ2n) is 4.94. The van der Waals surface area contributed by atoms with E-state index in [0.717, 1.165) is 36.6 Å². The van der Waals surface area contributed by atoms with Crippen molar-refractivity contribution in [2.24, 2.45) is 5.92 Å². The molecule has 3 nitrogen and oxygen atoms in total. The molecule has 0 aliphatic carbocycles. The van der Waals surface area contributed by atoms with Crippen LogP contribution in [0.15, 0.2) is 5.38 Å². The number of hydrogen-bond acceptors (Lipinski definition) is 4. The smallest absolute Gasteiger partial charge is 0.0897 e. The highest BCUT2D eigenvalue weighted by atomic mass is 32.1. The molecule has 4 heteroatoms. The minimum Gasteiger partial charge on any atom is -0.389 e. The summed E-state index contributed by atoms with van der Waals surface area (Å²) in [6, 6.07) is 0. The Hall–Kier alpha value is -0.450. The quantitative estimate of drug-likeness (QED) is 0.846. The zero-order valence-electron chi connectivity index (χ0n) is 9.99. The molecule has 1 aromatic heterocycles. The van der Waals surface area contributed by atoms with Crippen LogP contribution in [0.25, 0.3) is 0 Å². The van der Waals surface area contributed by atoms with E-state index in [4.69, 9.17) is 0 Å². The van der Waals surface area contributed by atoms with E-state index in [1.807, 2.05) is 13.8 Å². The summed E-state index contributed by atoms with van der Waals surface area (Å²) in [5.41, 5.74) is 0.395. The number of rotatable bonds is 3. The third kappa shape index (κ3) is 2.81. The van der Waals surface area contributed by atoms with Gasteiger partial charge in [-0.25, -0.2) is 4.98 Å². The molecule has 16 heavy (non-hydrogen) atoms. The number of aliphatic hydroxyl groups is 1. The van der Waals surface area contributed by atoms with E-state index in [-0.39, 0.29) is 0 Å². The molecule has 2 atom stereocenters. The van der Waals surface area contributed by atoms with Gasteiger partial charge < -0.3 is 10.4 Å². The van der Waals surface area contributed by atoms with E-state index in [9.17, 15) is 5.11 Å². The van der Waals surface area contributed by atoms with Gasteiger partial charge in [-0.15, -0.1) is 11.3 Å². The molecule has 2 unspecified atom stereocenters. The van der Waals surface area contributed by atoms with Crippen LogP contribution in [0, 0.1) is 12.8 Å². The van der Waals surface area contributed by atoms with Gasteiger partial charge in [0.05, 0.1) is 16.3 Å². The normalized spacial score (nSPS) is 25.3. The highest BCUT2D eigenvalue weighted by molar-refractivity contribution is 7.09. The SMILES string of the molecule is Cc1nc(CC(C)(O)C2CCCNC2)cs1. The number of aryl methyl sites for hydroxylation is 1. The van der Waals surface area contributed by atoms with Gasteiger partial charge in [0.15, 0.2) is 0 Å². The number of hydrogen-bond donors (Lipinski definition) is 2. The average molecular weight is 240 g/mol. The summed E-state index contributed by atoms with van der Waals surface area (Å²) >= 11 is 1.65. The first-order valence-electron chi connectivity index (χ1n) is 5.92. The van der Waals surface area contributed by atoms with Crippen LogP contribution in [-0.2, 0) is 6.42 Å². The summed E-state index contributed by atoms with van der Waals surface area (Å²) < 4.78 is 0. The number of aromatic nitrogens is 1. The van der Waals surface area contributed by atoms with Crippen LogP contribution in [-0.4, -0.2) is 28.8 Å². The number of thiazole rings is 1. The summed E-state index contributed by atoms with van der Waals surface area (Å²) in [6.45, 7) is 5.96. The predicted octanol–water partition coefficient (Wildman–Crippen LogP) is 1.74. The Morgan fingerprint density at radius 1 is 1.69 bits per heavy atom. The van der Waals surface area contributed by atoms with Gasteiger partial charge in [0.1, 0.15) is 0 Å². The first-order chi connectivity index (χ1) is 7.58. The fraction of sp³-hybridized carbons (Fsp3) is 0.750. The molecule has 1 aliphatic heterocycles. The maximum Gasteiger partial charge on any atom is 0.0897 e. The highest BCUT2D eigenvalue weighted by Gasteiger charge is 2.33. The zero-order chi connectivity index (χ0) is 11.6. The fourth-order valence-corrected chi connectivity index (χ4v) is 3.00. The van der Waals surface area contributed by atoms with Crippen LogP contribution in [0.3, 0.4) is 0 Å². The van der Waals surface area contributed by atoms with Gasteiger partial charge in [-0.05, 0) is 33.2 Å². The first kappa shape index (κ1) is 12.0. The van der Waals surface area contributed by atoms with Crippen LogP contribution >= 0.6 is 11.3 Å². The van der Waals surface area contributed by atoms with Gasteiger partial charge in [-0.3, -0.25) is 0 Å². The molecule has 0 saturated carbocycles. The summed E-state index contributed by atoms with van der Waals surface area (Å²) in [4.78, 5) is 4.43. The summed E-state index contributed by atoms with van der Waals surface area (Å²) in [7, 11) is 0. The van der Waals surface area contributed by atoms with E-state index in [1.54, 1.807) is 11.3 Å².